The Labute approximate surface area is 102 Å². The number of carbonyl (C=O) groups is 2. The van der Waals surface area contributed by atoms with Crippen molar-refractivity contribution in [3.05, 3.63) is 0 Å². The molecule has 6 nitrogen and oxygen atoms in total. The number of rotatable bonds is 3. The van der Waals surface area contributed by atoms with Gasteiger partial charge in [-0.3, -0.25) is 0 Å². The van der Waals surface area contributed by atoms with Gasteiger partial charge in [0.25, 0.3) is 0 Å². The van der Waals surface area contributed by atoms with Crippen molar-refractivity contribution in [2.75, 3.05) is 20.7 Å². The van der Waals surface area contributed by atoms with Crippen molar-refractivity contribution in [3.8, 4) is 0 Å². The third-order valence-corrected chi connectivity index (χ3v) is 1.80. The lowest BCUT2D eigenvalue weighted by molar-refractivity contribution is 0.0496. The lowest BCUT2D eigenvalue weighted by Crippen LogP contribution is -2.44. The van der Waals surface area contributed by atoms with Crippen LogP contribution < -0.4 is 5.32 Å². The van der Waals surface area contributed by atoms with Crippen molar-refractivity contribution >= 4 is 12.2 Å². The van der Waals surface area contributed by atoms with Crippen molar-refractivity contribution in [1.29, 1.82) is 0 Å². The van der Waals surface area contributed by atoms with Crippen molar-refractivity contribution in [1.82, 2.24) is 10.2 Å². The maximum atomic E-state index is 11.4. The zero-order valence-electron chi connectivity index (χ0n) is 11.4. The minimum Gasteiger partial charge on any atom is -0.453 e. The van der Waals surface area contributed by atoms with Crippen molar-refractivity contribution < 1.29 is 19.1 Å². The Hall–Kier alpha value is -1.46. The summed E-state index contributed by atoms with van der Waals surface area (Å²) in [4.78, 5) is 23.9. The molecular formula is C11H22N2O4. The summed E-state index contributed by atoms with van der Waals surface area (Å²) in [5, 5.41) is 2.64. The number of amides is 2. The highest BCUT2D eigenvalue weighted by Crippen LogP contribution is 2.06. The maximum Gasteiger partial charge on any atom is 0.409 e. The number of hydrogen-bond donors (Lipinski definition) is 1. The zero-order valence-corrected chi connectivity index (χ0v) is 11.4. The molecule has 0 saturated heterocycles. The largest absolute Gasteiger partial charge is 0.453 e. The molecule has 0 bridgehead atoms. The van der Waals surface area contributed by atoms with E-state index in [4.69, 9.17) is 4.74 Å². The highest BCUT2D eigenvalue weighted by Gasteiger charge is 2.19. The van der Waals surface area contributed by atoms with E-state index in [1.165, 1.54) is 12.0 Å². The molecule has 1 N–H and O–H groups in total. The summed E-state index contributed by atoms with van der Waals surface area (Å²) in [6.45, 7) is 7.50. The standard InChI is InChI=1S/C11H22N2O4/c1-8(7-13(5)10(15)16-6)12-9(14)17-11(2,3)4/h8H,7H2,1-6H3,(H,12,14)/t8-/m0/s1. The average Bonchev–Trinajstić information content (AvgIpc) is 2.12. The first kappa shape index (κ1) is 15.5. The van der Waals surface area contributed by atoms with Gasteiger partial charge in [0.05, 0.1) is 7.11 Å². The number of likely N-dealkylation sites (N-methyl/N-ethyl adjacent to an activating group) is 1. The van der Waals surface area contributed by atoms with Gasteiger partial charge in [0.2, 0.25) is 0 Å². The van der Waals surface area contributed by atoms with Gasteiger partial charge in [0.15, 0.2) is 0 Å². The fourth-order valence-electron chi connectivity index (χ4n) is 1.20. The highest BCUT2D eigenvalue weighted by atomic mass is 16.6. The molecule has 0 aliphatic rings. The minimum absolute atomic E-state index is 0.214. The number of nitrogens with one attached hydrogen (secondary N) is 1. The first-order valence-corrected chi connectivity index (χ1v) is 5.44. The van der Waals surface area contributed by atoms with E-state index in [0.717, 1.165) is 0 Å². The highest BCUT2D eigenvalue weighted by molar-refractivity contribution is 5.69. The lowest BCUT2D eigenvalue weighted by atomic mass is 10.2. The van der Waals surface area contributed by atoms with E-state index in [0.29, 0.717) is 6.54 Å². The second kappa shape index (κ2) is 6.32. The van der Waals surface area contributed by atoms with Gasteiger partial charge >= 0.3 is 12.2 Å². The summed E-state index contributed by atoms with van der Waals surface area (Å²) in [6, 6.07) is -0.214. The molecule has 0 aliphatic carbocycles. The Morgan fingerprint density at radius 1 is 1.35 bits per heavy atom. The summed E-state index contributed by atoms with van der Waals surface area (Å²) in [5.41, 5.74) is -0.530. The fourth-order valence-corrected chi connectivity index (χ4v) is 1.20. The number of nitrogens with zero attached hydrogens (tertiary/aromatic N) is 1. The molecule has 0 saturated carbocycles. The number of hydrogen-bond acceptors (Lipinski definition) is 4. The fraction of sp³-hybridized carbons (Fsp3) is 0.818. The maximum absolute atomic E-state index is 11.4. The summed E-state index contributed by atoms with van der Waals surface area (Å²) >= 11 is 0. The molecule has 0 aromatic heterocycles. The van der Waals surface area contributed by atoms with E-state index >= 15 is 0 Å². The van der Waals surface area contributed by atoms with Crippen LogP contribution in [0.15, 0.2) is 0 Å². The minimum atomic E-state index is -0.530. The van der Waals surface area contributed by atoms with Gasteiger partial charge in [0, 0.05) is 19.6 Å². The molecule has 0 radical (unpaired) electrons. The first-order chi connectivity index (χ1) is 7.65. The molecule has 0 aromatic carbocycles. The van der Waals surface area contributed by atoms with Gasteiger partial charge in [-0.2, -0.15) is 0 Å². The first-order valence-electron chi connectivity index (χ1n) is 5.44. The van der Waals surface area contributed by atoms with E-state index in [1.54, 1.807) is 34.7 Å². The van der Waals surface area contributed by atoms with Crippen LogP contribution in [0.1, 0.15) is 27.7 Å². The molecule has 0 fully saturated rings. The van der Waals surface area contributed by atoms with Crippen LogP contribution in [0.25, 0.3) is 0 Å². The molecule has 100 valence electrons. The van der Waals surface area contributed by atoms with Crippen LogP contribution in [0.2, 0.25) is 0 Å². The molecule has 0 aliphatic heterocycles. The van der Waals surface area contributed by atoms with E-state index in [9.17, 15) is 9.59 Å². The predicted octanol–water partition coefficient (Wildman–Crippen LogP) is 1.60. The smallest absolute Gasteiger partial charge is 0.409 e. The number of methoxy groups -OCH3 is 1. The Morgan fingerprint density at radius 2 is 1.88 bits per heavy atom. The number of carbonyl (C=O) groups excluding carboxylic acids is 2. The van der Waals surface area contributed by atoms with Crippen LogP contribution in [-0.4, -0.2) is 49.4 Å². The van der Waals surface area contributed by atoms with Gasteiger partial charge in [-0.1, -0.05) is 0 Å². The van der Waals surface area contributed by atoms with Crippen LogP contribution in [-0.2, 0) is 9.47 Å². The molecule has 2 amide bonds. The van der Waals surface area contributed by atoms with Crippen molar-refractivity contribution in [2.24, 2.45) is 0 Å². The van der Waals surface area contributed by atoms with Gasteiger partial charge in [-0.05, 0) is 27.7 Å². The lowest BCUT2D eigenvalue weighted by Gasteiger charge is -2.24. The zero-order chi connectivity index (χ0) is 13.6. The van der Waals surface area contributed by atoms with Crippen LogP contribution in [0.3, 0.4) is 0 Å². The van der Waals surface area contributed by atoms with Gasteiger partial charge in [0.1, 0.15) is 5.60 Å². The van der Waals surface area contributed by atoms with E-state index < -0.39 is 17.8 Å². The molecule has 0 rings (SSSR count). The second-order valence-electron chi connectivity index (χ2n) is 4.90. The Morgan fingerprint density at radius 3 is 2.29 bits per heavy atom. The van der Waals surface area contributed by atoms with Crippen molar-refractivity contribution in [2.45, 2.75) is 39.3 Å². The molecule has 0 heterocycles. The van der Waals surface area contributed by atoms with Crippen molar-refractivity contribution in [3.63, 3.8) is 0 Å². The Balaban J connectivity index is 4.06. The molecule has 0 spiro atoms. The normalized spacial score (nSPS) is 12.6. The molecular weight excluding hydrogens is 224 g/mol. The van der Waals surface area contributed by atoms with E-state index in [2.05, 4.69) is 10.1 Å². The third kappa shape index (κ3) is 7.43. The third-order valence-electron chi connectivity index (χ3n) is 1.80. The summed E-state index contributed by atoms with van der Waals surface area (Å²) in [7, 11) is 2.91. The number of ether oxygens (including phenoxy) is 2. The SMILES string of the molecule is COC(=O)N(C)C[C@H](C)NC(=O)OC(C)(C)C. The van der Waals surface area contributed by atoms with Gasteiger partial charge in [-0.25, -0.2) is 9.59 Å². The Kier molecular flexibility index (Phi) is 5.78. The summed E-state index contributed by atoms with van der Waals surface area (Å²) in [5.74, 6) is 0. The monoisotopic (exact) mass is 246 g/mol. The van der Waals surface area contributed by atoms with Gasteiger partial charge < -0.3 is 19.7 Å². The molecule has 1 atom stereocenters. The predicted molar refractivity (Wildman–Crippen MR) is 63.9 cm³/mol. The van der Waals surface area contributed by atoms with Crippen LogP contribution in [0.4, 0.5) is 9.59 Å². The molecule has 17 heavy (non-hydrogen) atoms. The van der Waals surface area contributed by atoms with E-state index in [1.807, 2.05) is 0 Å². The van der Waals surface area contributed by atoms with Gasteiger partial charge in [-0.15, -0.1) is 0 Å². The molecule has 6 heteroatoms. The topological polar surface area (TPSA) is 67.9 Å². The second-order valence-corrected chi connectivity index (χ2v) is 4.90. The van der Waals surface area contributed by atoms with E-state index in [-0.39, 0.29) is 6.04 Å². The van der Waals surface area contributed by atoms with Crippen LogP contribution >= 0.6 is 0 Å². The van der Waals surface area contributed by atoms with Crippen LogP contribution in [0, 0.1) is 0 Å². The Bertz CT molecular complexity index is 273. The summed E-state index contributed by atoms with van der Waals surface area (Å²) in [6.07, 6.45) is -0.939. The number of alkyl carbamates (subject to hydrolysis) is 1. The molecule has 0 unspecified atom stereocenters. The summed E-state index contributed by atoms with van der Waals surface area (Å²) < 4.78 is 9.63. The average molecular weight is 246 g/mol. The quantitative estimate of drug-likeness (QED) is 0.821. The molecule has 0 aromatic rings. The van der Waals surface area contributed by atoms with Crippen LogP contribution in [0.5, 0.6) is 0 Å².